The molecule has 0 bridgehead atoms. The molecule has 0 amide bonds. The first-order valence-electron chi connectivity index (χ1n) is 7.45. The van der Waals surface area contributed by atoms with Gasteiger partial charge in [-0.25, -0.2) is 5.32 Å². The molecule has 0 aromatic heterocycles. The van der Waals surface area contributed by atoms with Gasteiger partial charge in [-0.05, 0) is 63.2 Å². The summed E-state index contributed by atoms with van der Waals surface area (Å²) in [7, 11) is 1.70. The normalized spacial score (nSPS) is 35.2. The molecule has 0 radical (unpaired) electrons. The monoisotopic (exact) mass is 267 g/mol. The average Bonchev–Trinajstić information content (AvgIpc) is 2.47. The highest BCUT2D eigenvalue weighted by Crippen LogP contribution is 2.38. The Kier molecular flexibility index (Phi) is 5.74. The fraction of sp³-hybridized carbons (Fsp3) is 0.929. The van der Waals surface area contributed by atoms with Gasteiger partial charge in [0.05, 0.1) is 7.11 Å². The maximum Gasteiger partial charge on any atom is 0.379 e. The van der Waals surface area contributed by atoms with Gasteiger partial charge in [-0.1, -0.05) is 0 Å². The summed E-state index contributed by atoms with van der Waals surface area (Å²) < 4.78 is 0. The van der Waals surface area contributed by atoms with Gasteiger partial charge in [0, 0.05) is 6.04 Å². The number of nitrogens with one attached hydrogen (secondary N) is 2. The van der Waals surface area contributed by atoms with Crippen molar-refractivity contribution in [2.45, 2.75) is 63.5 Å². The molecule has 0 atom stereocenters. The van der Waals surface area contributed by atoms with Crippen LogP contribution in [0.1, 0.15) is 51.4 Å². The molecule has 2 saturated carbocycles. The van der Waals surface area contributed by atoms with E-state index in [0.29, 0.717) is 12.1 Å². The Hall–Kier alpha value is -0.990. The minimum atomic E-state index is 0.403. The van der Waals surface area contributed by atoms with Crippen molar-refractivity contribution in [1.29, 1.82) is 0 Å². The van der Waals surface area contributed by atoms with Crippen molar-refractivity contribution < 1.29 is 4.84 Å². The molecule has 5 heteroatoms. The van der Waals surface area contributed by atoms with E-state index in [0.717, 1.165) is 24.7 Å². The van der Waals surface area contributed by atoms with E-state index in [2.05, 4.69) is 22.0 Å². The lowest BCUT2D eigenvalue weighted by molar-refractivity contribution is 0.0362. The van der Waals surface area contributed by atoms with Crippen LogP contribution in [0.3, 0.4) is 0 Å². The topological polar surface area (TPSA) is 60.7 Å². The van der Waals surface area contributed by atoms with Crippen LogP contribution < -0.4 is 10.8 Å². The van der Waals surface area contributed by atoms with Crippen molar-refractivity contribution in [3.05, 3.63) is 10.2 Å². The fourth-order valence-corrected chi connectivity index (χ4v) is 3.73. The highest BCUT2D eigenvalue weighted by Gasteiger charge is 2.31. The largest absolute Gasteiger partial charge is 0.611 e. The summed E-state index contributed by atoms with van der Waals surface area (Å²) in [6, 6.07) is 0.947. The lowest BCUT2D eigenvalue weighted by Crippen LogP contribution is -2.36. The van der Waals surface area contributed by atoms with Crippen LogP contribution in [0.25, 0.3) is 5.01 Å². The number of hydroxylamine groups is 1. The van der Waals surface area contributed by atoms with Crippen molar-refractivity contribution in [3.63, 3.8) is 0 Å². The second-order valence-electron chi connectivity index (χ2n) is 5.89. The Balaban J connectivity index is 1.69. The maximum absolute atomic E-state index is 10.0. The molecule has 0 heterocycles. The highest BCUT2D eigenvalue weighted by molar-refractivity contribution is 4.91. The zero-order valence-electron chi connectivity index (χ0n) is 11.7. The van der Waals surface area contributed by atoms with Crippen LogP contribution in [0.5, 0.6) is 0 Å². The third-order valence-electron chi connectivity index (χ3n) is 4.81. The maximum atomic E-state index is 10.0. The smallest absolute Gasteiger partial charge is 0.379 e. The molecule has 0 saturated heterocycles. The van der Waals surface area contributed by atoms with Crippen LogP contribution in [-0.2, 0) is 4.84 Å². The fourth-order valence-electron chi connectivity index (χ4n) is 3.73. The number of hydrogen-bond acceptors (Lipinski definition) is 4. The van der Waals surface area contributed by atoms with Gasteiger partial charge in [0.1, 0.15) is 6.04 Å². The molecular formula is C14H25N3O2. The molecule has 2 aliphatic rings. The van der Waals surface area contributed by atoms with Crippen molar-refractivity contribution in [2.75, 3.05) is 7.11 Å². The molecule has 5 nitrogen and oxygen atoms in total. The predicted molar refractivity (Wildman–Crippen MR) is 75.4 cm³/mol. The molecular weight excluding hydrogens is 242 g/mol. The summed E-state index contributed by atoms with van der Waals surface area (Å²) in [5, 5.41) is 15.6. The van der Waals surface area contributed by atoms with E-state index >= 15 is 0 Å². The van der Waals surface area contributed by atoms with E-state index in [1.54, 1.807) is 7.11 Å². The third kappa shape index (κ3) is 4.26. The summed E-state index contributed by atoms with van der Waals surface area (Å²) in [6.07, 6.45) is 12.2. The van der Waals surface area contributed by atoms with Crippen LogP contribution in [0.4, 0.5) is 0 Å². The Labute approximate surface area is 115 Å². The predicted octanol–water partition coefficient (Wildman–Crippen LogP) is 2.63. The number of rotatable bonds is 4. The highest BCUT2D eigenvalue weighted by atomic mass is 16.6. The molecule has 2 rings (SSSR count). The lowest BCUT2D eigenvalue weighted by Gasteiger charge is -2.36. The average molecular weight is 267 g/mol. The molecule has 0 spiro atoms. The van der Waals surface area contributed by atoms with Gasteiger partial charge in [0.25, 0.3) is 0 Å². The van der Waals surface area contributed by atoms with Crippen LogP contribution in [-0.4, -0.2) is 19.2 Å². The second kappa shape index (κ2) is 7.56. The van der Waals surface area contributed by atoms with E-state index in [1.165, 1.54) is 38.5 Å². The molecule has 2 N–H and O–H groups in total. The van der Waals surface area contributed by atoms with E-state index in [-0.39, 0.29) is 0 Å². The molecule has 108 valence electrons. The molecule has 2 fully saturated rings. The van der Waals surface area contributed by atoms with Crippen molar-refractivity contribution >= 4 is 0 Å². The number of hydrogen-bond donors (Lipinski definition) is 2. The summed E-state index contributed by atoms with van der Waals surface area (Å²) >= 11 is 0. The Morgan fingerprint density at radius 3 is 1.95 bits per heavy atom. The van der Waals surface area contributed by atoms with Gasteiger partial charge in [-0.15, -0.1) is 0 Å². The zero-order valence-corrected chi connectivity index (χ0v) is 11.7. The minimum Gasteiger partial charge on any atom is -0.611 e. The van der Waals surface area contributed by atoms with Crippen molar-refractivity contribution in [1.82, 2.24) is 10.8 Å². The van der Waals surface area contributed by atoms with Gasteiger partial charge in [-0.3, -0.25) is 0 Å². The molecule has 19 heavy (non-hydrogen) atoms. The van der Waals surface area contributed by atoms with E-state index in [4.69, 9.17) is 4.84 Å². The first-order chi connectivity index (χ1) is 9.33. The first kappa shape index (κ1) is 14.4. The van der Waals surface area contributed by atoms with Gasteiger partial charge in [-0.2, -0.15) is 10.5 Å². The molecule has 2 aliphatic carbocycles. The van der Waals surface area contributed by atoms with Gasteiger partial charge >= 0.3 is 6.19 Å². The summed E-state index contributed by atoms with van der Waals surface area (Å²) in [5.41, 5.74) is 3.08. The molecule has 0 aromatic carbocycles. The van der Waals surface area contributed by atoms with Gasteiger partial charge in [0.2, 0.25) is 0 Å². The lowest BCUT2D eigenvalue weighted by atomic mass is 9.71. The molecule has 0 unspecified atom stereocenters. The summed E-state index contributed by atoms with van der Waals surface area (Å²) in [5.74, 6) is 1.75. The molecule has 0 aliphatic heterocycles. The molecule has 0 aromatic rings. The summed E-state index contributed by atoms with van der Waals surface area (Å²) in [6.45, 7) is 0. The van der Waals surface area contributed by atoms with Gasteiger partial charge < -0.3 is 10.0 Å². The SMILES string of the molecule is CONC1CCC(C2CCC(NC#[N+][O-])CC2)CC1. The van der Waals surface area contributed by atoms with Gasteiger partial charge in [0.15, 0.2) is 0 Å². The number of nitrogens with zero attached hydrogens (tertiary/aromatic N) is 1. The Morgan fingerprint density at radius 2 is 1.47 bits per heavy atom. The van der Waals surface area contributed by atoms with E-state index in [1.807, 2.05) is 0 Å². The minimum absolute atomic E-state index is 0.403. The second-order valence-corrected chi connectivity index (χ2v) is 5.89. The third-order valence-corrected chi connectivity index (χ3v) is 4.81. The first-order valence-corrected chi connectivity index (χ1v) is 7.45. The van der Waals surface area contributed by atoms with Crippen LogP contribution in [0.2, 0.25) is 0 Å². The van der Waals surface area contributed by atoms with Crippen LogP contribution in [0.15, 0.2) is 0 Å². The van der Waals surface area contributed by atoms with Crippen molar-refractivity contribution in [3.8, 4) is 6.19 Å². The zero-order chi connectivity index (χ0) is 13.5. The van der Waals surface area contributed by atoms with E-state index < -0.39 is 0 Å². The quantitative estimate of drug-likeness (QED) is 0.467. The Bertz CT molecular complexity index is 310. The summed E-state index contributed by atoms with van der Waals surface area (Å²) in [4.78, 5) is 5.01. The standard InChI is InChI=1S/C14H25N3O2/c1-19-17-14-8-4-12(5-9-14)11-2-6-13(7-3-11)15-10-16-18/h11-15,17H,2-9H2,1H3. The van der Waals surface area contributed by atoms with Crippen LogP contribution >= 0.6 is 0 Å². The Morgan fingerprint density at radius 1 is 0.947 bits per heavy atom. The van der Waals surface area contributed by atoms with Crippen molar-refractivity contribution in [2.24, 2.45) is 11.8 Å². The van der Waals surface area contributed by atoms with E-state index in [9.17, 15) is 5.21 Å². The van der Waals surface area contributed by atoms with Crippen LogP contribution in [0, 0.1) is 23.2 Å².